The summed E-state index contributed by atoms with van der Waals surface area (Å²) < 4.78 is 27.0. The van der Waals surface area contributed by atoms with Crippen molar-refractivity contribution >= 4 is 39.1 Å². The monoisotopic (exact) mass is 491 g/mol. The van der Waals surface area contributed by atoms with Crippen LogP contribution in [0.1, 0.15) is 49.0 Å². The quantitative estimate of drug-likeness (QED) is 0.582. The van der Waals surface area contributed by atoms with Crippen LogP contribution in [0.15, 0.2) is 48.5 Å². The van der Waals surface area contributed by atoms with Gasteiger partial charge in [0.25, 0.3) is 5.91 Å². The van der Waals surface area contributed by atoms with Gasteiger partial charge >= 0.3 is 0 Å². The number of hydrogen-bond donors (Lipinski definition) is 2. The van der Waals surface area contributed by atoms with Crippen molar-refractivity contribution < 1.29 is 18.0 Å². The predicted octanol–water partition coefficient (Wildman–Crippen LogP) is 4.05. The van der Waals surface area contributed by atoms with Crippen LogP contribution in [0.3, 0.4) is 0 Å². The normalized spacial score (nSPS) is 16.2. The van der Waals surface area contributed by atoms with E-state index >= 15 is 0 Å². The topological polar surface area (TPSA) is 95.6 Å². The summed E-state index contributed by atoms with van der Waals surface area (Å²) >= 11 is 5.87. The zero-order valence-corrected chi connectivity index (χ0v) is 20.5. The largest absolute Gasteiger partial charge is 0.350 e. The molecule has 7 nitrogen and oxygen atoms in total. The number of halogens is 1. The van der Waals surface area contributed by atoms with E-state index in [4.69, 9.17) is 11.6 Å². The zero-order chi connectivity index (χ0) is 24.0. The molecule has 33 heavy (non-hydrogen) atoms. The van der Waals surface area contributed by atoms with Crippen LogP contribution in [0, 0.1) is 5.92 Å². The zero-order valence-electron chi connectivity index (χ0n) is 18.9. The molecule has 0 radical (unpaired) electrons. The summed E-state index contributed by atoms with van der Waals surface area (Å²) in [7, 11) is -3.48. The van der Waals surface area contributed by atoms with Crippen LogP contribution in [0.2, 0.25) is 5.02 Å². The molecule has 2 aromatic carbocycles. The van der Waals surface area contributed by atoms with Gasteiger partial charge in [0, 0.05) is 30.1 Å². The highest BCUT2D eigenvalue weighted by Gasteiger charge is 2.31. The van der Waals surface area contributed by atoms with E-state index in [1.165, 1.54) is 4.31 Å². The SMILES string of the molecule is CC[C@@H](C)NC(=O)c1ccccc1NC(=O)C1CCN(S(=O)(=O)Cc2ccc(Cl)cc2)CC1. The van der Waals surface area contributed by atoms with Gasteiger partial charge in [0.2, 0.25) is 15.9 Å². The standard InChI is InChI=1S/C24H30ClN3O4S/c1-3-17(2)26-24(30)21-6-4-5-7-22(21)27-23(29)19-12-14-28(15-13-19)33(31,32)16-18-8-10-20(25)11-9-18/h4-11,17,19H,3,12-16H2,1-2H3,(H,26,30)(H,27,29)/t17-/m1/s1. The Labute approximate surface area is 200 Å². The van der Waals surface area contributed by atoms with Crippen LogP contribution in [0.25, 0.3) is 0 Å². The maximum Gasteiger partial charge on any atom is 0.253 e. The van der Waals surface area contributed by atoms with Crippen LogP contribution in [-0.4, -0.2) is 43.7 Å². The average molecular weight is 492 g/mol. The van der Waals surface area contributed by atoms with Gasteiger partial charge < -0.3 is 10.6 Å². The molecule has 2 aromatic rings. The first-order chi connectivity index (χ1) is 15.7. The molecule has 0 spiro atoms. The van der Waals surface area contributed by atoms with Gasteiger partial charge in [-0.05, 0) is 56.0 Å². The maximum absolute atomic E-state index is 12.9. The fourth-order valence-electron chi connectivity index (χ4n) is 3.71. The smallest absolute Gasteiger partial charge is 0.253 e. The molecule has 1 heterocycles. The van der Waals surface area contributed by atoms with Crippen molar-refractivity contribution in [2.24, 2.45) is 5.92 Å². The van der Waals surface area contributed by atoms with Gasteiger partial charge in [-0.2, -0.15) is 0 Å². The third-order valence-electron chi connectivity index (χ3n) is 5.90. The first-order valence-corrected chi connectivity index (χ1v) is 13.1. The molecule has 1 aliphatic heterocycles. The van der Waals surface area contributed by atoms with E-state index in [2.05, 4.69) is 10.6 Å². The van der Waals surface area contributed by atoms with E-state index in [9.17, 15) is 18.0 Å². The van der Waals surface area contributed by atoms with E-state index in [0.717, 1.165) is 6.42 Å². The highest BCUT2D eigenvalue weighted by Crippen LogP contribution is 2.24. The third kappa shape index (κ3) is 6.79. The lowest BCUT2D eigenvalue weighted by Gasteiger charge is -2.30. The Morgan fingerprint density at radius 3 is 2.36 bits per heavy atom. The molecule has 2 amide bonds. The number of hydrogen-bond acceptors (Lipinski definition) is 4. The van der Waals surface area contributed by atoms with Gasteiger partial charge in [-0.15, -0.1) is 0 Å². The number of nitrogens with zero attached hydrogens (tertiary/aromatic N) is 1. The van der Waals surface area contributed by atoms with Crippen molar-refractivity contribution in [2.75, 3.05) is 18.4 Å². The number of rotatable bonds is 8. The lowest BCUT2D eigenvalue weighted by Crippen LogP contribution is -2.42. The van der Waals surface area contributed by atoms with Gasteiger partial charge in [-0.1, -0.05) is 42.8 Å². The molecule has 178 valence electrons. The maximum atomic E-state index is 12.9. The van der Waals surface area contributed by atoms with E-state index < -0.39 is 10.0 Å². The number of sulfonamides is 1. The number of anilines is 1. The van der Waals surface area contributed by atoms with Crippen molar-refractivity contribution in [2.45, 2.75) is 44.9 Å². The third-order valence-corrected chi connectivity index (χ3v) is 8.00. The summed E-state index contributed by atoms with van der Waals surface area (Å²) in [6, 6.07) is 13.7. The van der Waals surface area contributed by atoms with Crippen LogP contribution in [0.5, 0.6) is 0 Å². The Morgan fingerprint density at radius 1 is 1.09 bits per heavy atom. The molecule has 2 N–H and O–H groups in total. The molecular weight excluding hydrogens is 462 g/mol. The second-order valence-electron chi connectivity index (χ2n) is 8.37. The molecule has 1 aliphatic rings. The van der Waals surface area contributed by atoms with Crippen LogP contribution >= 0.6 is 11.6 Å². The molecule has 1 atom stereocenters. The molecular formula is C24H30ClN3O4S. The van der Waals surface area contributed by atoms with Gasteiger partial charge in [0.1, 0.15) is 0 Å². The first-order valence-electron chi connectivity index (χ1n) is 11.1. The van der Waals surface area contributed by atoms with Gasteiger partial charge in [0.05, 0.1) is 17.0 Å². The molecule has 0 bridgehead atoms. The van der Waals surface area contributed by atoms with E-state index in [1.54, 1.807) is 48.5 Å². The summed E-state index contributed by atoms with van der Waals surface area (Å²) in [5.41, 5.74) is 1.54. The molecule has 1 fully saturated rings. The first kappa shape index (κ1) is 25.2. The number of piperidine rings is 1. The Bertz CT molecular complexity index is 1080. The minimum absolute atomic E-state index is 0.0282. The number of carbonyl (C=O) groups excluding carboxylic acids is 2. The van der Waals surface area contributed by atoms with E-state index in [0.29, 0.717) is 34.7 Å². The molecule has 0 saturated carbocycles. The second kappa shape index (κ2) is 11.1. The number of amides is 2. The molecule has 1 saturated heterocycles. The second-order valence-corrected chi connectivity index (χ2v) is 10.8. The highest BCUT2D eigenvalue weighted by molar-refractivity contribution is 7.88. The number of para-hydroxylation sites is 1. The Kier molecular flexibility index (Phi) is 8.51. The molecule has 0 aliphatic carbocycles. The average Bonchev–Trinajstić information content (AvgIpc) is 2.80. The van der Waals surface area contributed by atoms with Gasteiger partial charge in [-0.3, -0.25) is 9.59 Å². The lowest BCUT2D eigenvalue weighted by atomic mass is 9.97. The number of carbonyl (C=O) groups is 2. The summed E-state index contributed by atoms with van der Waals surface area (Å²) in [5, 5.41) is 6.34. The van der Waals surface area contributed by atoms with Crippen molar-refractivity contribution in [1.82, 2.24) is 9.62 Å². The molecule has 0 aromatic heterocycles. The molecule has 9 heteroatoms. The van der Waals surface area contributed by atoms with Crippen molar-refractivity contribution in [3.63, 3.8) is 0 Å². The number of nitrogens with one attached hydrogen (secondary N) is 2. The van der Waals surface area contributed by atoms with Crippen molar-refractivity contribution in [3.05, 3.63) is 64.7 Å². The van der Waals surface area contributed by atoms with Gasteiger partial charge in [0.15, 0.2) is 0 Å². The van der Waals surface area contributed by atoms with E-state index in [-0.39, 0.29) is 42.6 Å². The summed E-state index contributed by atoms with van der Waals surface area (Å²) in [6.45, 7) is 4.48. The van der Waals surface area contributed by atoms with Crippen LogP contribution in [-0.2, 0) is 20.6 Å². The Hall–Kier alpha value is -2.42. The summed E-state index contributed by atoms with van der Waals surface area (Å²) in [4.78, 5) is 25.4. The fraction of sp³-hybridized carbons (Fsp3) is 0.417. The fourth-order valence-corrected chi connectivity index (χ4v) is 5.40. The van der Waals surface area contributed by atoms with Crippen LogP contribution < -0.4 is 10.6 Å². The number of benzene rings is 2. The van der Waals surface area contributed by atoms with Crippen molar-refractivity contribution in [1.29, 1.82) is 0 Å². The van der Waals surface area contributed by atoms with Crippen LogP contribution in [0.4, 0.5) is 5.69 Å². The lowest BCUT2D eigenvalue weighted by molar-refractivity contribution is -0.120. The van der Waals surface area contributed by atoms with E-state index in [1.807, 2.05) is 13.8 Å². The Balaban J connectivity index is 1.59. The van der Waals surface area contributed by atoms with Gasteiger partial charge in [-0.25, -0.2) is 12.7 Å². The highest BCUT2D eigenvalue weighted by atomic mass is 35.5. The minimum Gasteiger partial charge on any atom is -0.350 e. The molecule has 0 unspecified atom stereocenters. The summed E-state index contributed by atoms with van der Waals surface area (Å²) in [6.07, 6.45) is 1.65. The van der Waals surface area contributed by atoms with Crippen molar-refractivity contribution in [3.8, 4) is 0 Å². The summed E-state index contributed by atoms with van der Waals surface area (Å²) in [5.74, 6) is -0.853. The minimum atomic E-state index is -3.48. The Morgan fingerprint density at radius 2 is 1.73 bits per heavy atom. The predicted molar refractivity (Wildman–Crippen MR) is 131 cm³/mol. The molecule has 3 rings (SSSR count).